The quantitative estimate of drug-likeness (QED) is 0.626. The number of nitrogens with zero attached hydrogens (tertiary/aromatic N) is 2. The molecule has 1 heterocycles. The molecule has 1 aromatic rings. The average molecular weight is 306 g/mol. The van der Waals surface area contributed by atoms with Crippen LogP contribution in [0.3, 0.4) is 0 Å². The highest BCUT2D eigenvalue weighted by Crippen LogP contribution is 2.37. The first-order valence-electron chi connectivity index (χ1n) is 7.33. The predicted octanol–water partition coefficient (Wildman–Crippen LogP) is 1.85. The summed E-state index contributed by atoms with van der Waals surface area (Å²) in [6.07, 6.45) is 2.16. The largest absolute Gasteiger partial charge is 0.497 e. The lowest BCUT2D eigenvalue weighted by Gasteiger charge is -2.35. The van der Waals surface area contributed by atoms with E-state index >= 15 is 0 Å². The Morgan fingerprint density at radius 2 is 2.23 bits per heavy atom. The number of methoxy groups -OCH3 is 1. The molecule has 0 aromatic heterocycles. The number of rotatable bonds is 4. The van der Waals surface area contributed by atoms with Crippen molar-refractivity contribution in [2.45, 2.75) is 18.9 Å². The molecule has 1 saturated carbocycles. The summed E-state index contributed by atoms with van der Waals surface area (Å²) in [7, 11) is 1.47. The van der Waals surface area contributed by atoms with Crippen molar-refractivity contribution in [2.75, 3.05) is 26.9 Å². The number of amides is 1. The number of carbonyl (C=O) groups excluding carboxylic acids is 1. The van der Waals surface area contributed by atoms with E-state index in [1.54, 1.807) is 4.90 Å². The Morgan fingerprint density at radius 1 is 1.45 bits per heavy atom. The van der Waals surface area contributed by atoms with Crippen molar-refractivity contribution in [1.29, 1.82) is 0 Å². The third kappa shape index (κ3) is 2.76. The maximum Gasteiger partial charge on any atom is 0.282 e. The third-order valence-corrected chi connectivity index (χ3v) is 4.22. The van der Waals surface area contributed by atoms with Gasteiger partial charge in [-0.3, -0.25) is 14.9 Å². The van der Waals surface area contributed by atoms with Gasteiger partial charge in [0.2, 0.25) is 0 Å². The van der Waals surface area contributed by atoms with E-state index in [9.17, 15) is 14.9 Å². The van der Waals surface area contributed by atoms with Crippen LogP contribution in [-0.4, -0.2) is 48.6 Å². The Bertz CT molecular complexity index is 600. The van der Waals surface area contributed by atoms with Crippen LogP contribution in [0.25, 0.3) is 0 Å². The van der Waals surface area contributed by atoms with Gasteiger partial charge >= 0.3 is 0 Å². The van der Waals surface area contributed by atoms with Gasteiger partial charge in [0.15, 0.2) is 0 Å². The average Bonchev–Trinajstić information content (AvgIpc) is 3.38. The highest BCUT2D eigenvalue weighted by atomic mass is 16.6. The van der Waals surface area contributed by atoms with Crippen molar-refractivity contribution in [1.82, 2.24) is 4.90 Å². The van der Waals surface area contributed by atoms with Crippen molar-refractivity contribution < 1.29 is 19.2 Å². The summed E-state index contributed by atoms with van der Waals surface area (Å²) in [5.74, 6) is 0.574. The molecule has 7 heteroatoms. The molecule has 1 saturated heterocycles. The number of hydrogen-bond acceptors (Lipinski definition) is 5. The summed E-state index contributed by atoms with van der Waals surface area (Å²) in [5, 5.41) is 11.2. The van der Waals surface area contributed by atoms with E-state index in [0.717, 1.165) is 12.8 Å². The van der Waals surface area contributed by atoms with Gasteiger partial charge in [0.05, 0.1) is 31.3 Å². The molecule has 1 aliphatic carbocycles. The van der Waals surface area contributed by atoms with E-state index in [1.807, 2.05) is 0 Å². The fourth-order valence-electron chi connectivity index (χ4n) is 2.87. The van der Waals surface area contributed by atoms with Crippen LogP contribution in [0.15, 0.2) is 18.2 Å². The molecule has 2 aliphatic rings. The number of ether oxygens (including phenoxy) is 2. The molecule has 1 atom stereocenters. The highest BCUT2D eigenvalue weighted by Gasteiger charge is 2.40. The summed E-state index contributed by atoms with van der Waals surface area (Å²) in [6.45, 7) is 1.44. The number of morpholine rings is 1. The molecule has 118 valence electrons. The molecule has 0 bridgehead atoms. The van der Waals surface area contributed by atoms with E-state index in [4.69, 9.17) is 9.47 Å². The van der Waals surface area contributed by atoms with E-state index in [1.165, 1.54) is 25.3 Å². The molecule has 1 aliphatic heterocycles. The molecule has 0 radical (unpaired) electrons. The molecule has 1 aromatic carbocycles. The third-order valence-electron chi connectivity index (χ3n) is 4.22. The van der Waals surface area contributed by atoms with Crippen LogP contribution in [0.5, 0.6) is 5.75 Å². The second kappa shape index (κ2) is 5.92. The minimum atomic E-state index is -0.529. The van der Waals surface area contributed by atoms with Crippen molar-refractivity contribution in [3.8, 4) is 5.75 Å². The Kier molecular flexibility index (Phi) is 3.98. The zero-order chi connectivity index (χ0) is 15.7. The van der Waals surface area contributed by atoms with Gasteiger partial charge in [-0.15, -0.1) is 0 Å². The van der Waals surface area contributed by atoms with Crippen LogP contribution in [0, 0.1) is 16.0 Å². The SMILES string of the molecule is COc1ccc([N+](=O)[O-])c(C(=O)N2CCOC[C@H]2C2CC2)c1. The highest BCUT2D eigenvalue weighted by molar-refractivity contribution is 5.98. The summed E-state index contributed by atoms with van der Waals surface area (Å²) in [4.78, 5) is 25.2. The monoisotopic (exact) mass is 306 g/mol. The lowest BCUT2D eigenvalue weighted by molar-refractivity contribution is -0.385. The first kappa shape index (κ1) is 14.8. The maximum atomic E-state index is 12.8. The minimum absolute atomic E-state index is 0.0204. The Hall–Kier alpha value is -2.15. The van der Waals surface area contributed by atoms with Gasteiger partial charge in [0, 0.05) is 12.6 Å². The zero-order valence-electron chi connectivity index (χ0n) is 12.4. The maximum absolute atomic E-state index is 12.8. The molecule has 7 nitrogen and oxygen atoms in total. The van der Waals surface area contributed by atoms with Crippen molar-refractivity contribution in [3.05, 3.63) is 33.9 Å². The molecular weight excluding hydrogens is 288 g/mol. The first-order valence-corrected chi connectivity index (χ1v) is 7.33. The normalized spacial score (nSPS) is 21.5. The molecule has 1 amide bonds. The van der Waals surface area contributed by atoms with E-state index in [2.05, 4.69) is 0 Å². The Balaban J connectivity index is 1.94. The van der Waals surface area contributed by atoms with Crippen LogP contribution < -0.4 is 4.74 Å². The first-order chi connectivity index (χ1) is 10.6. The van der Waals surface area contributed by atoms with Crippen molar-refractivity contribution in [3.63, 3.8) is 0 Å². The van der Waals surface area contributed by atoms with Crippen LogP contribution in [-0.2, 0) is 4.74 Å². The molecule has 3 rings (SSSR count). The summed E-state index contributed by atoms with van der Waals surface area (Å²) < 4.78 is 10.6. The summed E-state index contributed by atoms with van der Waals surface area (Å²) >= 11 is 0. The lowest BCUT2D eigenvalue weighted by atomic mass is 10.1. The lowest BCUT2D eigenvalue weighted by Crippen LogP contribution is -2.49. The van der Waals surface area contributed by atoms with Gasteiger partial charge in [-0.1, -0.05) is 0 Å². The molecule has 22 heavy (non-hydrogen) atoms. The van der Waals surface area contributed by atoms with E-state index in [0.29, 0.717) is 31.4 Å². The second-order valence-electron chi connectivity index (χ2n) is 5.62. The molecule has 2 fully saturated rings. The van der Waals surface area contributed by atoms with Crippen molar-refractivity contribution in [2.24, 2.45) is 5.92 Å². The van der Waals surface area contributed by atoms with Gasteiger partial charge in [0.1, 0.15) is 11.3 Å². The Labute approximate surface area is 128 Å². The van der Waals surface area contributed by atoms with Gasteiger partial charge < -0.3 is 14.4 Å². The fourth-order valence-corrected chi connectivity index (χ4v) is 2.87. The van der Waals surface area contributed by atoms with Crippen LogP contribution >= 0.6 is 0 Å². The Morgan fingerprint density at radius 3 is 2.86 bits per heavy atom. The molecule has 0 spiro atoms. The van der Waals surface area contributed by atoms with Gasteiger partial charge in [-0.2, -0.15) is 0 Å². The standard InChI is InChI=1S/C15H18N2O5/c1-21-11-4-5-13(17(19)20)12(8-11)15(18)16-6-7-22-9-14(16)10-2-3-10/h4-5,8,10,14H,2-3,6-7,9H2,1H3/t14-/m0/s1. The topological polar surface area (TPSA) is 81.9 Å². The zero-order valence-corrected chi connectivity index (χ0v) is 12.4. The van der Waals surface area contributed by atoms with Gasteiger partial charge in [0.25, 0.3) is 11.6 Å². The predicted molar refractivity (Wildman–Crippen MR) is 78.0 cm³/mol. The number of carbonyl (C=O) groups is 1. The van der Waals surface area contributed by atoms with Crippen LogP contribution in [0.2, 0.25) is 0 Å². The number of benzene rings is 1. The summed E-state index contributed by atoms with van der Waals surface area (Å²) in [6, 6.07) is 4.28. The minimum Gasteiger partial charge on any atom is -0.497 e. The van der Waals surface area contributed by atoms with Crippen molar-refractivity contribution >= 4 is 11.6 Å². The summed E-state index contributed by atoms with van der Waals surface area (Å²) in [5.41, 5.74) is -0.108. The fraction of sp³-hybridized carbons (Fsp3) is 0.533. The van der Waals surface area contributed by atoms with E-state index in [-0.39, 0.29) is 23.2 Å². The van der Waals surface area contributed by atoms with Crippen LogP contribution in [0.4, 0.5) is 5.69 Å². The molecule has 0 unspecified atom stereocenters. The number of nitro groups is 1. The van der Waals surface area contributed by atoms with Gasteiger partial charge in [-0.05, 0) is 30.9 Å². The van der Waals surface area contributed by atoms with E-state index < -0.39 is 4.92 Å². The number of hydrogen-bond donors (Lipinski definition) is 0. The molecular formula is C15H18N2O5. The molecule has 0 N–H and O–H groups in total. The smallest absolute Gasteiger partial charge is 0.282 e. The second-order valence-corrected chi connectivity index (χ2v) is 5.62. The van der Waals surface area contributed by atoms with Gasteiger partial charge in [-0.25, -0.2) is 0 Å². The number of nitro benzene ring substituents is 1. The van der Waals surface area contributed by atoms with Crippen LogP contribution in [0.1, 0.15) is 23.2 Å².